The van der Waals surface area contributed by atoms with E-state index in [-0.39, 0.29) is 59.8 Å². The van der Waals surface area contributed by atoms with E-state index >= 15 is 0 Å². The number of carboxylic acids is 1. The van der Waals surface area contributed by atoms with Crippen molar-refractivity contribution in [3.63, 3.8) is 0 Å². The fourth-order valence-corrected chi connectivity index (χ4v) is 5.88. The van der Waals surface area contributed by atoms with E-state index in [0.29, 0.717) is 28.1 Å². The maximum absolute atomic E-state index is 13.8. The van der Waals surface area contributed by atoms with Crippen LogP contribution in [0.15, 0.2) is 53.4 Å². The largest absolute Gasteiger partial charge is 1.00 e. The predicted molar refractivity (Wildman–Crippen MR) is 136 cm³/mol. The van der Waals surface area contributed by atoms with Crippen LogP contribution in [-0.2, 0) is 21.4 Å². The van der Waals surface area contributed by atoms with Gasteiger partial charge in [0.15, 0.2) is 0 Å². The number of sulfonamides is 1. The number of rotatable bonds is 12. The molecule has 0 spiro atoms. The Labute approximate surface area is 249 Å². The second-order valence-corrected chi connectivity index (χ2v) is 11.2. The minimum atomic E-state index is -4.07. The molecule has 0 saturated heterocycles. The van der Waals surface area contributed by atoms with Crippen LogP contribution < -0.4 is 39.4 Å². The second-order valence-electron chi connectivity index (χ2n) is 9.37. The van der Waals surface area contributed by atoms with Gasteiger partial charge >= 0.3 is 29.6 Å². The molecule has 8 nitrogen and oxygen atoms in total. The number of hydrogen-bond donors (Lipinski definition) is 3. The molecule has 3 rings (SSSR count). The van der Waals surface area contributed by atoms with Gasteiger partial charge in [-0.3, -0.25) is 0 Å². The number of nitrogens with zero attached hydrogens (tertiary/aromatic N) is 1. The summed E-state index contributed by atoms with van der Waals surface area (Å²) >= 11 is 0. The van der Waals surface area contributed by atoms with Crippen molar-refractivity contribution in [3.8, 4) is 22.4 Å². The molecular weight excluding hydrogens is 541 g/mol. The third-order valence-electron chi connectivity index (χ3n) is 6.22. The molecule has 0 bridgehead atoms. The molecule has 3 aromatic rings. The number of aliphatic hydroxyl groups is 2. The Balaban J connectivity index is 0.00000533. The van der Waals surface area contributed by atoms with Crippen molar-refractivity contribution >= 4 is 16.0 Å². The molecular formula is C27H31F2N2NaO6S. The van der Waals surface area contributed by atoms with Gasteiger partial charge in [-0.05, 0) is 73.3 Å². The zero-order chi connectivity index (χ0) is 28.2. The van der Waals surface area contributed by atoms with Gasteiger partial charge < -0.3 is 24.7 Å². The van der Waals surface area contributed by atoms with Crippen molar-refractivity contribution < 1.29 is 66.9 Å². The third-order valence-corrected chi connectivity index (χ3v) is 7.71. The third kappa shape index (κ3) is 7.97. The van der Waals surface area contributed by atoms with E-state index in [2.05, 4.69) is 4.72 Å². The van der Waals surface area contributed by atoms with Gasteiger partial charge in [-0.1, -0.05) is 26.0 Å². The van der Waals surface area contributed by atoms with Gasteiger partial charge in [0.25, 0.3) is 0 Å². The number of benzene rings is 2. The first kappa shape index (κ1) is 33.1. The van der Waals surface area contributed by atoms with Gasteiger partial charge in [-0.2, -0.15) is 0 Å². The minimum Gasteiger partial charge on any atom is -0.550 e. The Bertz CT molecular complexity index is 1380. The van der Waals surface area contributed by atoms with Crippen molar-refractivity contribution in [1.82, 2.24) is 9.29 Å². The molecule has 3 N–H and O–H groups in total. The van der Waals surface area contributed by atoms with Gasteiger partial charge in [0.2, 0.25) is 10.0 Å². The van der Waals surface area contributed by atoms with Crippen molar-refractivity contribution in [2.24, 2.45) is 0 Å². The van der Waals surface area contributed by atoms with E-state index in [1.807, 2.05) is 13.8 Å². The molecule has 1 aromatic heterocycles. The topological polar surface area (TPSA) is 132 Å². The van der Waals surface area contributed by atoms with E-state index in [4.69, 9.17) is 0 Å². The van der Waals surface area contributed by atoms with E-state index in [1.165, 1.54) is 55.6 Å². The normalized spacial score (nSPS) is 13.2. The van der Waals surface area contributed by atoms with Crippen LogP contribution in [0.1, 0.15) is 44.7 Å². The molecule has 0 aliphatic carbocycles. The smallest absolute Gasteiger partial charge is 0.550 e. The molecule has 39 heavy (non-hydrogen) atoms. The van der Waals surface area contributed by atoms with Gasteiger partial charge in [0.1, 0.15) is 16.5 Å². The Kier molecular flexibility index (Phi) is 11.9. The maximum Gasteiger partial charge on any atom is 1.00 e. The summed E-state index contributed by atoms with van der Waals surface area (Å²) in [4.78, 5) is 10.7. The number of carbonyl (C=O) groups is 1. The predicted octanol–water partition coefficient (Wildman–Crippen LogP) is -0.222. The van der Waals surface area contributed by atoms with Crippen LogP contribution >= 0.6 is 0 Å². The van der Waals surface area contributed by atoms with Crippen molar-refractivity contribution in [3.05, 3.63) is 65.9 Å². The van der Waals surface area contributed by atoms with Crippen molar-refractivity contribution in [2.75, 3.05) is 7.05 Å². The van der Waals surface area contributed by atoms with E-state index in [0.717, 1.165) is 0 Å². The number of carbonyl (C=O) groups excluding carboxylic acids is 1. The standard InChI is InChI=1S/C27H32F2N2O6S.Na/c1-16(2)25-27(38(36,37)30-3)24(17-4-8-19(28)9-5-17)26(18-6-10-20(29)11-7-18)31(25)13-12-21(32)14-22(33)15-23(34)35;/h4-11,16,21-22,30,32-33H,12-15H2,1-3H3,(H,34,35);/q;+1/p-1/t21-,22-;/m1./s1. The van der Waals surface area contributed by atoms with Crippen LogP contribution in [0.5, 0.6) is 0 Å². The molecule has 0 fully saturated rings. The molecule has 206 valence electrons. The van der Waals surface area contributed by atoms with Gasteiger partial charge in [0, 0.05) is 30.2 Å². The molecule has 2 atom stereocenters. The van der Waals surface area contributed by atoms with Crippen LogP contribution in [0.2, 0.25) is 0 Å². The van der Waals surface area contributed by atoms with Crippen LogP contribution in [0.4, 0.5) is 8.78 Å². The molecule has 0 radical (unpaired) electrons. The van der Waals surface area contributed by atoms with Gasteiger partial charge in [0.05, 0.1) is 17.9 Å². The van der Waals surface area contributed by atoms with E-state index in [9.17, 15) is 37.3 Å². The van der Waals surface area contributed by atoms with Gasteiger partial charge in [-0.25, -0.2) is 21.9 Å². The first-order chi connectivity index (χ1) is 17.9. The zero-order valence-corrected chi connectivity index (χ0v) is 25.1. The minimum absolute atomic E-state index is 0. The van der Waals surface area contributed by atoms with Crippen LogP contribution in [-0.4, -0.2) is 48.4 Å². The van der Waals surface area contributed by atoms with Gasteiger partial charge in [-0.15, -0.1) is 0 Å². The van der Waals surface area contributed by atoms with Crippen LogP contribution in [0.25, 0.3) is 22.4 Å². The Hall–Kier alpha value is -2.12. The number of aliphatic carboxylic acids is 1. The zero-order valence-electron chi connectivity index (χ0n) is 22.3. The second kappa shape index (κ2) is 14.0. The SMILES string of the molecule is CNS(=O)(=O)c1c(-c2ccc(F)cc2)c(-c2ccc(F)cc2)n(CC[C@@H](O)C[C@@H](O)CC(=O)[O-])c1C(C)C.[Na+]. The number of aliphatic hydroxyl groups excluding tert-OH is 2. The summed E-state index contributed by atoms with van der Waals surface area (Å²) in [6.45, 7) is 3.71. The quantitative estimate of drug-likeness (QED) is 0.257. The number of halogens is 2. The number of carboxylic acid groups (broad SMARTS) is 1. The maximum atomic E-state index is 13.8. The van der Waals surface area contributed by atoms with E-state index in [1.54, 1.807) is 4.57 Å². The van der Waals surface area contributed by atoms with Crippen LogP contribution in [0, 0.1) is 11.6 Å². The number of hydrogen-bond acceptors (Lipinski definition) is 6. The average molecular weight is 573 g/mol. The molecule has 1 heterocycles. The monoisotopic (exact) mass is 572 g/mol. The van der Waals surface area contributed by atoms with Crippen LogP contribution in [0.3, 0.4) is 0 Å². The summed E-state index contributed by atoms with van der Waals surface area (Å²) in [5, 5.41) is 31.2. The fraction of sp³-hybridized carbons (Fsp3) is 0.370. The molecule has 0 aliphatic heterocycles. The average Bonchev–Trinajstić information content (AvgIpc) is 3.19. The summed E-state index contributed by atoms with van der Waals surface area (Å²) in [6, 6.07) is 10.9. The first-order valence-corrected chi connectivity index (χ1v) is 13.6. The molecule has 2 aromatic carbocycles. The van der Waals surface area contributed by atoms with Crippen molar-refractivity contribution in [2.45, 2.75) is 62.7 Å². The molecule has 0 unspecified atom stereocenters. The van der Waals surface area contributed by atoms with E-state index < -0.39 is 46.3 Å². The van der Waals surface area contributed by atoms with Crippen molar-refractivity contribution in [1.29, 1.82) is 0 Å². The number of aromatic nitrogens is 1. The Morgan fingerprint density at radius 2 is 1.49 bits per heavy atom. The molecule has 0 amide bonds. The first-order valence-electron chi connectivity index (χ1n) is 12.1. The fourth-order valence-electron chi connectivity index (χ4n) is 4.57. The summed E-state index contributed by atoms with van der Waals surface area (Å²) < 4.78 is 58.6. The molecule has 0 aliphatic rings. The summed E-state index contributed by atoms with van der Waals surface area (Å²) in [5.41, 5.74) is 2.06. The Morgan fingerprint density at radius 1 is 0.974 bits per heavy atom. The summed E-state index contributed by atoms with van der Waals surface area (Å²) in [7, 11) is -2.78. The summed E-state index contributed by atoms with van der Waals surface area (Å²) in [5.74, 6) is -2.76. The Morgan fingerprint density at radius 3 is 1.95 bits per heavy atom. The summed E-state index contributed by atoms with van der Waals surface area (Å²) in [6.07, 6.45) is -3.21. The molecule has 12 heteroatoms. The number of nitrogens with one attached hydrogen (secondary N) is 1. The molecule has 0 saturated carbocycles.